The molecule has 0 aliphatic heterocycles. The Labute approximate surface area is 167 Å². The quantitative estimate of drug-likeness (QED) is 0.514. The number of sulfonamides is 1. The summed E-state index contributed by atoms with van der Waals surface area (Å²) in [7, 11) is -3.75. The molecule has 1 atom stereocenters. The Hall–Kier alpha value is -2.81. The second-order valence-corrected chi connectivity index (χ2v) is 8.88. The zero-order valence-corrected chi connectivity index (χ0v) is 16.7. The van der Waals surface area contributed by atoms with Crippen LogP contribution in [0, 0.1) is 0 Å². The number of aromatic nitrogens is 2. The van der Waals surface area contributed by atoms with E-state index in [0.717, 1.165) is 21.3 Å². The van der Waals surface area contributed by atoms with Crippen molar-refractivity contribution in [3.05, 3.63) is 71.6 Å². The van der Waals surface area contributed by atoms with Crippen LogP contribution in [-0.4, -0.2) is 18.4 Å². The number of nitrogens with one attached hydrogen (secondary N) is 1. The standard InChI is InChI=1S/C20H18N4O2S2/c1-13(14-6-4-7-15(12-14)28(21,25)26)22-19-16-8-2-3-9-17(16)23-20(24-19)18-10-5-11-27-18/h2-13H,1H3,(H2,21,25,26)(H,22,23,24). The first kappa shape index (κ1) is 18.5. The second kappa shape index (κ2) is 7.31. The van der Waals surface area contributed by atoms with E-state index in [2.05, 4.69) is 10.3 Å². The largest absolute Gasteiger partial charge is 0.363 e. The number of fused-ring (bicyclic) bond motifs is 1. The van der Waals surface area contributed by atoms with Gasteiger partial charge in [0.2, 0.25) is 10.0 Å². The summed E-state index contributed by atoms with van der Waals surface area (Å²) in [5, 5.41) is 11.5. The van der Waals surface area contributed by atoms with Crippen LogP contribution < -0.4 is 10.5 Å². The van der Waals surface area contributed by atoms with Gasteiger partial charge in [0.05, 0.1) is 21.3 Å². The molecule has 0 saturated carbocycles. The van der Waals surface area contributed by atoms with Gasteiger partial charge in [-0.15, -0.1) is 11.3 Å². The molecule has 8 heteroatoms. The molecule has 0 aliphatic carbocycles. The van der Waals surface area contributed by atoms with E-state index < -0.39 is 10.0 Å². The van der Waals surface area contributed by atoms with Gasteiger partial charge in [0.25, 0.3) is 0 Å². The highest BCUT2D eigenvalue weighted by Crippen LogP contribution is 2.29. The molecule has 2 heterocycles. The molecule has 0 saturated heterocycles. The molecule has 0 spiro atoms. The van der Waals surface area contributed by atoms with Crippen LogP contribution in [0.5, 0.6) is 0 Å². The van der Waals surface area contributed by atoms with E-state index in [1.165, 1.54) is 6.07 Å². The number of thiophene rings is 1. The van der Waals surface area contributed by atoms with Crippen molar-refractivity contribution in [1.82, 2.24) is 9.97 Å². The summed E-state index contributed by atoms with van der Waals surface area (Å²) < 4.78 is 23.3. The lowest BCUT2D eigenvalue weighted by Crippen LogP contribution is -2.14. The first-order valence-electron chi connectivity index (χ1n) is 8.62. The Kier molecular flexibility index (Phi) is 4.84. The van der Waals surface area contributed by atoms with Gasteiger partial charge >= 0.3 is 0 Å². The van der Waals surface area contributed by atoms with Crippen molar-refractivity contribution < 1.29 is 8.42 Å². The summed E-state index contributed by atoms with van der Waals surface area (Å²) in [5.41, 5.74) is 1.64. The monoisotopic (exact) mass is 410 g/mol. The van der Waals surface area contributed by atoms with E-state index in [9.17, 15) is 8.42 Å². The molecular formula is C20H18N4O2S2. The summed E-state index contributed by atoms with van der Waals surface area (Å²) in [6, 6.07) is 18.2. The van der Waals surface area contributed by atoms with Crippen LogP contribution in [0.3, 0.4) is 0 Å². The Morgan fingerprint density at radius 1 is 1.04 bits per heavy atom. The van der Waals surface area contributed by atoms with E-state index in [1.807, 2.05) is 54.8 Å². The lowest BCUT2D eigenvalue weighted by atomic mass is 10.1. The van der Waals surface area contributed by atoms with E-state index >= 15 is 0 Å². The topological polar surface area (TPSA) is 98.0 Å². The van der Waals surface area contributed by atoms with Gasteiger partial charge < -0.3 is 5.32 Å². The highest BCUT2D eigenvalue weighted by Gasteiger charge is 2.15. The van der Waals surface area contributed by atoms with Crippen LogP contribution in [0.25, 0.3) is 21.6 Å². The van der Waals surface area contributed by atoms with E-state index in [4.69, 9.17) is 10.1 Å². The molecule has 2 aromatic carbocycles. The van der Waals surface area contributed by atoms with Crippen LogP contribution >= 0.6 is 11.3 Å². The fraction of sp³-hybridized carbons (Fsp3) is 0.100. The highest BCUT2D eigenvalue weighted by molar-refractivity contribution is 7.89. The second-order valence-electron chi connectivity index (χ2n) is 6.37. The fourth-order valence-electron chi connectivity index (χ4n) is 2.95. The zero-order chi connectivity index (χ0) is 19.7. The van der Waals surface area contributed by atoms with Crippen molar-refractivity contribution in [1.29, 1.82) is 0 Å². The van der Waals surface area contributed by atoms with Crippen molar-refractivity contribution in [3.63, 3.8) is 0 Å². The summed E-state index contributed by atoms with van der Waals surface area (Å²) in [4.78, 5) is 10.5. The molecule has 0 fully saturated rings. The first-order chi connectivity index (χ1) is 13.4. The van der Waals surface area contributed by atoms with Gasteiger partial charge in [-0.3, -0.25) is 0 Å². The number of primary sulfonamides is 1. The molecule has 0 amide bonds. The lowest BCUT2D eigenvalue weighted by Gasteiger charge is -2.17. The van der Waals surface area contributed by atoms with Crippen molar-refractivity contribution in [2.45, 2.75) is 17.9 Å². The number of nitrogens with two attached hydrogens (primary N) is 1. The summed E-state index contributed by atoms with van der Waals surface area (Å²) in [6.07, 6.45) is 0. The van der Waals surface area contributed by atoms with E-state index in [1.54, 1.807) is 23.5 Å². The van der Waals surface area contributed by atoms with Crippen molar-refractivity contribution in [2.75, 3.05) is 5.32 Å². The van der Waals surface area contributed by atoms with Gasteiger partial charge in [-0.2, -0.15) is 0 Å². The van der Waals surface area contributed by atoms with Gasteiger partial charge in [0.1, 0.15) is 5.82 Å². The van der Waals surface area contributed by atoms with E-state index in [0.29, 0.717) is 11.6 Å². The number of hydrogen-bond donors (Lipinski definition) is 2. The fourth-order valence-corrected chi connectivity index (χ4v) is 4.18. The molecule has 4 aromatic rings. The summed E-state index contributed by atoms with van der Waals surface area (Å²) in [6.45, 7) is 1.95. The Bertz CT molecular complexity index is 1240. The lowest BCUT2D eigenvalue weighted by molar-refractivity contribution is 0.597. The van der Waals surface area contributed by atoms with Crippen molar-refractivity contribution in [2.24, 2.45) is 5.14 Å². The zero-order valence-electron chi connectivity index (χ0n) is 15.0. The average molecular weight is 411 g/mol. The summed E-state index contributed by atoms with van der Waals surface area (Å²) >= 11 is 1.58. The predicted molar refractivity (Wildman–Crippen MR) is 113 cm³/mol. The van der Waals surface area contributed by atoms with Gasteiger partial charge in [-0.05, 0) is 48.2 Å². The maximum atomic E-state index is 11.7. The van der Waals surface area contributed by atoms with Crippen LogP contribution in [0.4, 0.5) is 5.82 Å². The molecule has 28 heavy (non-hydrogen) atoms. The van der Waals surface area contributed by atoms with Gasteiger partial charge in [-0.1, -0.05) is 30.3 Å². The SMILES string of the molecule is CC(Nc1nc(-c2cccs2)nc2ccccc12)c1cccc(S(N)(=O)=O)c1. The molecule has 6 nitrogen and oxygen atoms in total. The molecule has 4 rings (SSSR count). The minimum absolute atomic E-state index is 0.0884. The Morgan fingerprint density at radius 3 is 2.61 bits per heavy atom. The minimum atomic E-state index is -3.75. The van der Waals surface area contributed by atoms with Crippen molar-refractivity contribution in [3.8, 4) is 10.7 Å². The van der Waals surface area contributed by atoms with Gasteiger partial charge in [0.15, 0.2) is 5.82 Å². The number of rotatable bonds is 5. The first-order valence-corrected chi connectivity index (χ1v) is 11.0. The molecule has 1 unspecified atom stereocenters. The van der Waals surface area contributed by atoms with Crippen LogP contribution in [0.1, 0.15) is 18.5 Å². The maximum absolute atomic E-state index is 11.7. The number of anilines is 1. The number of benzene rings is 2. The van der Waals surface area contributed by atoms with Gasteiger partial charge in [-0.25, -0.2) is 23.5 Å². The maximum Gasteiger partial charge on any atom is 0.238 e. The molecule has 0 aliphatic rings. The third-order valence-corrected chi connectivity index (χ3v) is 6.16. The Morgan fingerprint density at radius 2 is 1.86 bits per heavy atom. The molecule has 2 aromatic heterocycles. The minimum Gasteiger partial charge on any atom is -0.363 e. The van der Waals surface area contributed by atoms with Crippen LogP contribution in [0.2, 0.25) is 0 Å². The van der Waals surface area contributed by atoms with E-state index in [-0.39, 0.29) is 10.9 Å². The molecule has 0 bridgehead atoms. The molecular weight excluding hydrogens is 392 g/mol. The molecule has 3 N–H and O–H groups in total. The third kappa shape index (κ3) is 3.75. The Balaban J connectivity index is 1.75. The number of para-hydroxylation sites is 1. The number of hydrogen-bond acceptors (Lipinski definition) is 6. The predicted octanol–water partition coefficient (Wildman–Crippen LogP) is 4.18. The van der Waals surface area contributed by atoms with Crippen molar-refractivity contribution >= 4 is 38.1 Å². The molecule has 0 radical (unpaired) electrons. The van der Waals surface area contributed by atoms with Gasteiger partial charge in [0, 0.05) is 5.39 Å². The molecule has 142 valence electrons. The third-order valence-electron chi connectivity index (χ3n) is 4.38. The smallest absolute Gasteiger partial charge is 0.238 e. The average Bonchev–Trinajstić information content (AvgIpc) is 3.22. The summed E-state index contributed by atoms with van der Waals surface area (Å²) in [5.74, 6) is 1.35. The van der Waals surface area contributed by atoms with Crippen LogP contribution in [-0.2, 0) is 10.0 Å². The van der Waals surface area contributed by atoms with Crippen LogP contribution in [0.15, 0.2) is 70.9 Å². The normalized spacial score (nSPS) is 12.8. The highest BCUT2D eigenvalue weighted by atomic mass is 32.2. The number of nitrogens with zero attached hydrogens (tertiary/aromatic N) is 2.